The van der Waals surface area contributed by atoms with Gasteiger partial charge in [0.15, 0.2) is 0 Å². The number of nitrogens with one attached hydrogen (secondary N) is 1. The Morgan fingerprint density at radius 1 is 1.05 bits per heavy atom. The molecule has 5 nitrogen and oxygen atoms in total. The molecule has 1 amide bonds. The Bertz CT molecular complexity index is 698. The van der Waals surface area contributed by atoms with Crippen LogP contribution >= 0.6 is 22.6 Å². The fraction of sp³-hybridized carbons (Fsp3) is 0.125. The van der Waals surface area contributed by atoms with Gasteiger partial charge < -0.3 is 14.8 Å². The Hall–Kier alpha value is -2.09. The van der Waals surface area contributed by atoms with Crippen molar-refractivity contribution in [3.63, 3.8) is 0 Å². The van der Waals surface area contributed by atoms with E-state index in [-0.39, 0.29) is 5.91 Å². The molecule has 0 spiro atoms. The molecule has 0 aliphatic carbocycles. The number of anilines is 1. The number of halogens is 1. The second-order valence-corrected chi connectivity index (χ2v) is 5.61. The van der Waals surface area contributed by atoms with Gasteiger partial charge >= 0.3 is 5.97 Å². The number of hydrogen-bond acceptors (Lipinski definition) is 4. The Morgan fingerprint density at radius 3 is 2.32 bits per heavy atom. The van der Waals surface area contributed by atoms with E-state index in [9.17, 15) is 9.59 Å². The predicted molar refractivity (Wildman–Crippen MR) is 91.4 cm³/mol. The van der Waals surface area contributed by atoms with Gasteiger partial charge in [-0.15, -0.1) is 0 Å². The van der Waals surface area contributed by atoms with E-state index in [1.807, 2.05) is 0 Å². The van der Waals surface area contributed by atoms with Crippen LogP contribution in [-0.2, 0) is 4.74 Å². The topological polar surface area (TPSA) is 64.6 Å². The van der Waals surface area contributed by atoms with Gasteiger partial charge in [0, 0.05) is 9.13 Å². The Balaban J connectivity index is 2.25. The zero-order valence-electron chi connectivity index (χ0n) is 12.1. The van der Waals surface area contributed by atoms with Crippen LogP contribution in [0.1, 0.15) is 20.7 Å². The minimum absolute atomic E-state index is 0.311. The molecule has 0 aliphatic heterocycles. The maximum Gasteiger partial charge on any atom is 0.340 e. The van der Waals surface area contributed by atoms with Crippen LogP contribution in [0.2, 0.25) is 0 Å². The summed E-state index contributed by atoms with van der Waals surface area (Å²) in [5.74, 6) is -0.140. The molecule has 1 N–H and O–H groups in total. The van der Waals surface area contributed by atoms with E-state index in [0.29, 0.717) is 22.6 Å². The van der Waals surface area contributed by atoms with Gasteiger partial charge in [0.2, 0.25) is 0 Å². The quantitative estimate of drug-likeness (QED) is 0.620. The van der Waals surface area contributed by atoms with E-state index in [1.54, 1.807) is 49.6 Å². The number of benzene rings is 2. The number of carbonyl (C=O) groups excluding carboxylic acids is 2. The summed E-state index contributed by atoms with van der Waals surface area (Å²) in [4.78, 5) is 24.1. The van der Waals surface area contributed by atoms with Crippen molar-refractivity contribution in [3.8, 4) is 5.75 Å². The predicted octanol–water partition coefficient (Wildman–Crippen LogP) is 3.34. The lowest BCUT2D eigenvalue weighted by atomic mass is 10.1. The molecule has 0 atom stereocenters. The molecule has 0 heterocycles. The normalized spacial score (nSPS) is 9.95. The minimum atomic E-state index is -0.497. The fourth-order valence-corrected chi connectivity index (χ4v) is 2.33. The van der Waals surface area contributed by atoms with Crippen LogP contribution in [0.25, 0.3) is 0 Å². The van der Waals surface area contributed by atoms with E-state index in [4.69, 9.17) is 9.47 Å². The summed E-state index contributed by atoms with van der Waals surface area (Å²) in [5.41, 5.74) is 1.19. The standard InChI is InChI=1S/C16H14INO4/c1-21-12-6-3-10(4-7-12)15(19)18-14-8-5-11(17)9-13(14)16(20)22-2/h3-9H,1-2H3,(H,18,19). The fourth-order valence-electron chi connectivity index (χ4n) is 1.84. The summed E-state index contributed by atoms with van der Waals surface area (Å²) in [7, 11) is 2.86. The van der Waals surface area contributed by atoms with Gasteiger partial charge in [0.1, 0.15) is 5.75 Å². The third-order valence-electron chi connectivity index (χ3n) is 2.99. The molecule has 6 heteroatoms. The van der Waals surface area contributed by atoms with Gasteiger partial charge in [-0.1, -0.05) is 0 Å². The summed E-state index contributed by atoms with van der Waals surface area (Å²) in [5, 5.41) is 2.72. The average Bonchev–Trinajstić information content (AvgIpc) is 2.55. The molecule has 0 fully saturated rings. The first-order chi connectivity index (χ1) is 10.5. The van der Waals surface area contributed by atoms with Gasteiger partial charge in [-0.05, 0) is 65.1 Å². The van der Waals surface area contributed by atoms with E-state index >= 15 is 0 Å². The first kappa shape index (κ1) is 16.3. The van der Waals surface area contributed by atoms with Crippen LogP contribution in [0.5, 0.6) is 5.75 Å². The molecule has 0 saturated carbocycles. The van der Waals surface area contributed by atoms with Crippen molar-refractivity contribution in [2.24, 2.45) is 0 Å². The van der Waals surface area contributed by atoms with Crippen molar-refractivity contribution < 1.29 is 19.1 Å². The number of methoxy groups -OCH3 is 2. The Labute approximate surface area is 141 Å². The molecule has 0 bridgehead atoms. The van der Waals surface area contributed by atoms with Crippen LogP contribution in [0.3, 0.4) is 0 Å². The van der Waals surface area contributed by atoms with Crippen LogP contribution in [-0.4, -0.2) is 26.1 Å². The largest absolute Gasteiger partial charge is 0.497 e. The maximum atomic E-state index is 12.3. The SMILES string of the molecule is COC(=O)c1cc(I)ccc1NC(=O)c1ccc(OC)cc1. The van der Waals surface area contributed by atoms with E-state index in [0.717, 1.165) is 3.57 Å². The monoisotopic (exact) mass is 411 g/mol. The van der Waals surface area contributed by atoms with Crippen LogP contribution in [0.15, 0.2) is 42.5 Å². The van der Waals surface area contributed by atoms with Crippen molar-refractivity contribution in [2.45, 2.75) is 0 Å². The third kappa shape index (κ3) is 3.76. The average molecular weight is 411 g/mol. The molecule has 0 radical (unpaired) electrons. The van der Waals surface area contributed by atoms with Gasteiger partial charge in [-0.2, -0.15) is 0 Å². The van der Waals surface area contributed by atoms with Crippen molar-refractivity contribution >= 4 is 40.2 Å². The number of amides is 1. The van der Waals surface area contributed by atoms with E-state index < -0.39 is 5.97 Å². The van der Waals surface area contributed by atoms with Gasteiger partial charge in [0.25, 0.3) is 5.91 Å². The molecule has 0 aromatic heterocycles. The van der Waals surface area contributed by atoms with Gasteiger partial charge in [0.05, 0.1) is 25.5 Å². The summed E-state index contributed by atoms with van der Waals surface area (Å²) < 4.78 is 10.7. The molecule has 2 aromatic carbocycles. The lowest BCUT2D eigenvalue weighted by molar-refractivity contribution is 0.0602. The number of hydrogen-bond donors (Lipinski definition) is 1. The van der Waals surface area contributed by atoms with Crippen molar-refractivity contribution in [3.05, 3.63) is 57.2 Å². The minimum Gasteiger partial charge on any atom is -0.497 e. The highest BCUT2D eigenvalue weighted by atomic mass is 127. The second kappa shape index (κ2) is 7.26. The number of esters is 1. The van der Waals surface area contributed by atoms with Gasteiger partial charge in [-0.25, -0.2) is 4.79 Å². The molecule has 22 heavy (non-hydrogen) atoms. The zero-order chi connectivity index (χ0) is 16.1. The number of rotatable bonds is 4. The maximum absolute atomic E-state index is 12.3. The lowest BCUT2D eigenvalue weighted by Crippen LogP contribution is -2.15. The Kier molecular flexibility index (Phi) is 5.37. The van der Waals surface area contributed by atoms with Crippen molar-refractivity contribution in [1.82, 2.24) is 0 Å². The van der Waals surface area contributed by atoms with Crippen LogP contribution in [0, 0.1) is 3.57 Å². The molecule has 114 valence electrons. The molecule has 2 rings (SSSR count). The van der Waals surface area contributed by atoms with E-state index in [2.05, 4.69) is 27.9 Å². The highest BCUT2D eigenvalue weighted by Gasteiger charge is 2.15. The number of carbonyl (C=O) groups is 2. The second-order valence-electron chi connectivity index (χ2n) is 4.36. The van der Waals surface area contributed by atoms with Crippen LogP contribution in [0.4, 0.5) is 5.69 Å². The zero-order valence-corrected chi connectivity index (χ0v) is 14.2. The molecule has 0 saturated heterocycles. The third-order valence-corrected chi connectivity index (χ3v) is 3.66. The molecular formula is C16H14INO4. The van der Waals surface area contributed by atoms with E-state index in [1.165, 1.54) is 7.11 Å². The van der Waals surface area contributed by atoms with Crippen LogP contribution < -0.4 is 10.1 Å². The smallest absolute Gasteiger partial charge is 0.340 e. The first-order valence-electron chi connectivity index (χ1n) is 6.38. The first-order valence-corrected chi connectivity index (χ1v) is 7.46. The molecule has 0 aliphatic rings. The molecule has 2 aromatic rings. The number of ether oxygens (including phenoxy) is 2. The lowest BCUT2D eigenvalue weighted by Gasteiger charge is -2.10. The molecule has 0 unspecified atom stereocenters. The summed E-state index contributed by atoms with van der Waals surface area (Å²) in [6.07, 6.45) is 0. The van der Waals surface area contributed by atoms with Gasteiger partial charge in [-0.3, -0.25) is 4.79 Å². The molecular weight excluding hydrogens is 397 g/mol. The highest BCUT2D eigenvalue weighted by Crippen LogP contribution is 2.21. The summed E-state index contributed by atoms with van der Waals surface area (Å²) in [6, 6.07) is 11.8. The Morgan fingerprint density at radius 2 is 1.73 bits per heavy atom. The summed E-state index contributed by atoms with van der Waals surface area (Å²) >= 11 is 2.09. The van der Waals surface area contributed by atoms with Crippen molar-refractivity contribution in [2.75, 3.05) is 19.5 Å². The van der Waals surface area contributed by atoms with Crippen molar-refractivity contribution in [1.29, 1.82) is 0 Å². The highest BCUT2D eigenvalue weighted by molar-refractivity contribution is 14.1. The summed E-state index contributed by atoms with van der Waals surface area (Å²) in [6.45, 7) is 0.